The van der Waals surface area contributed by atoms with Gasteiger partial charge in [0.25, 0.3) is 0 Å². The fourth-order valence-corrected chi connectivity index (χ4v) is 1.65. The fourth-order valence-electron chi connectivity index (χ4n) is 1.65. The first-order chi connectivity index (χ1) is 4.83. The molecule has 0 aromatic rings. The van der Waals surface area contributed by atoms with Gasteiger partial charge in [-0.1, -0.05) is 27.7 Å². The van der Waals surface area contributed by atoms with Crippen molar-refractivity contribution in [2.75, 3.05) is 0 Å². The van der Waals surface area contributed by atoms with Gasteiger partial charge in [0.15, 0.2) is 0 Å². The van der Waals surface area contributed by atoms with Crippen molar-refractivity contribution in [2.45, 2.75) is 40.5 Å². The molecule has 0 bridgehead atoms. The van der Waals surface area contributed by atoms with Gasteiger partial charge >= 0.3 is 0 Å². The Balaban J connectivity index is 3.89. The van der Waals surface area contributed by atoms with Gasteiger partial charge in [0.05, 0.1) is 0 Å². The second kappa shape index (κ2) is 3.74. The zero-order chi connectivity index (χ0) is 9.07. The highest BCUT2D eigenvalue weighted by Gasteiger charge is 2.21. The first kappa shape index (κ1) is 10.5. The Morgan fingerprint density at radius 2 is 1.91 bits per heavy atom. The molecular formula is C9H19NO. The molecule has 0 spiro atoms. The van der Waals surface area contributed by atoms with Crippen LogP contribution in [0.25, 0.3) is 0 Å². The van der Waals surface area contributed by atoms with E-state index in [0.717, 1.165) is 6.42 Å². The first-order valence-electron chi connectivity index (χ1n) is 4.12. The number of carbonyl (C=O) groups excluding carboxylic acids is 1. The molecular weight excluding hydrogens is 138 g/mol. The molecule has 66 valence electrons. The van der Waals surface area contributed by atoms with Gasteiger partial charge in [-0.25, -0.2) is 0 Å². The van der Waals surface area contributed by atoms with Crippen molar-refractivity contribution < 1.29 is 4.79 Å². The predicted octanol–water partition coefficient (Wildman–Crippen LogP) is 1.93. The van der Waals surface area contributed by atoms with Crippen molar-refractivity contribution in [3.8, 4) is 0 Å². The molecule has 2 nitrogen and oxygen atoms in total. The minimum atomic E-state index is -0.198. The van der Waals surface area contributed by atoms with Gasteiger partial charge in [-0.05, 0) is 17.8 Å². The molecule has 11 heavy (non-hydrogen) atoms. The number of hydrogen-bond acceptors (Lipinski definition) is 1. The van der Waals surface area contributed by atoms with Crippen molar-refractivity contribution in [3.05, 3.63) is 0 Å². The second-order valence-electron chi connectivity index (χ2n) is 4.41. The van der Waals surface area contributed by atoms with E-state index in [1.165, 1.54) is 0 Å². The van der Waals surface area contributed by atoms with Crippen LogP contribution in [0.4, 0.5) is 0 Å². The summed E-state index contributed by atoms with van der Waals surface area (Å²) in [5.41, 5.74) is 5.18. The number of carbonyl (C=O) groups is 1. The fraction of sp³-hybridized carbons (Fsp3) is 0.889. The van der Waals surface area contributed by atoms with Gasteiger partial charge in [0, 0.05) is 6.42 Å². The Morgan fingerprint density at radius 1 is 1.45 bits per heavy atom. The smallest absolute Gasteiger partial charge is 0.217 e. The minimum Gasteiger partial charge on any atom is -0.370 e. The van der Waals surface area contributed by atoms with E-state index >= 15 is 0 Å². The van der Waals surface area contributed by atoms with E-state index < -0.39 is 0 Å². The largest absolute Gasteiger partial charge is 0.370 e. The Bertz CT molecular complexity index is 138. The maximum absolute atomic E-state index is 10.6. The standard InChI is InChI=1S/C9H19NO/c1-7(2)5-9(3,4)6-8(10)11/h7H,5-6H2,1-4H3,(H2,10,11). The third-order valence-electron chi connectivity index (χ3n) is 1.61. The SMILES string of the molecule is CC(C)CC(C)(C)CC(N)=O. The molecule has 0 rings (SSSR count). The van der Waals surface area contributed by atoms with Crippen LogP contribution in [0.15, 0.2) is 0 Å². The van der Waals surface area contributed by atoms with Crippen LogP contribution < -0.4 is 5.73 Å². The van der Waals surface area contributed by atoms with Gasteiger partial charge in [-0.2, -0.15) is 0 Å². The van der Waals surface area contributed by atoms with E-state index in [4.69, 9.17) is 5.73 Å². The Labute approximate surface area is 69.2 Å². The van der Waals surface area contributed by atoms with Crippen LogP contribution in [0.5, 0.6) is 0 Å². The lowest BCUT2D eigenvalue weighted by molar-refractivity contribution is -0.120. The lowest BCUT2D eigenvalue weighted by atomic mass is 9.81. The second-order valence-corrected chi connectivity index (χ2v) is 4.41. The zero-order valence-electron chi connectivity index (χ0n) is 7.98. The van der Waals surface area contributed by atoms with Crippen molar-refractivity contribution in [3.63, 3.8) is 0 Å². The van der Waals surface area contributed by atoms with Crippen molar-refractivity contribution >= 4 is 5.91 Å². The van der Waals surface area contributed by atoms with Crippen LogP contribution in [0, 0.1) is 11.3 Å². The maximum atomic E-state index is 10.6. The van der Waals surface area contributed by atoms with Crippen LogP contribution >= 0.6 is 0 Å². The molecule has 2 N–H and O–H groups in total. The Hall–Kier alpha value is -0.530. The number of hydrogen-bond donors (Lipinski definition) is 1. The van der Waals surface area contributed by atoms with E-state index in [0.29, 0.717) is 12.3 Å². The summed E-state index contributed by atoms with van der Waals surface area (Å²) in [7, 11) is 0. The highest BCUT2D eigenvalue weighted by atomic mass is 16.1. The van der Waals surface area contributed by atoms with Gasteiger partial charge in [0.1, 0.15) is 0 Å². The van der Waals surface area contributed by atoms with Crippen molar-refractivity contribution in [1.29, 1.82) is 0 Å². The van der Waals surface area contributed by atoms with E-state index in [2.05, 4.69) is 27.7 Å². The molecule has 1 amide bonds. The van der Waals surface area contributed by atoms with E-state index in [1.807, 2.05) is 0 Å². The number of amides is 1. The maximum Gasteiger partial charge on any atom is 0.217 e. The molecule has 0 saturated carbocycles. The highest BCUT2D eigenvalue weighted by molar-refractivity contribution is 5.74. The summed E-state index contributed by atoms with van der Waals surface area (Å²) in [6.07, 6.45) is 1.54. The third-order valence-corrected chi connectivity index (χ3v) is 1.61. The lowest BCUT2D eigenvalue weighted by Gasteiger charge is -2.24. The normalized spacial score (nSPS) is 12.1. The summed E-state index contributed by atoms with van der Waals surface area (Å²) >= 11 is 0. The number of rotatable bonds is 4. The number of nitrogens with two attached hydrogens (primary N) is 1. The van der Waals surface area contributed by atoms with Crippen LogP contribution in [-0.4, -0.2) is 5.91 Å². The average Bonchev–Trinajstić information content (AvgIpc) is 1.53. The van der Waals surface area contributed by atoms with Gasteiger partial charge < -0.3 is 5.73 Å². The molecule has 0 unspecified atom stereocenters. The summed E-state index contributed by atoms with van der Waals surface area (Å²) in [6, 6.07) is 0. The lowest BCUT2D eigenvalue weighted by Crippen LogP contribution is -2.23. The molecule has 0 fully saturated rings. The molecule has 0 heterocycles. The number of primary amides is 1. The molecule has 0 atom stereocenters. The monoisotopic (exact) mass is 157 g/mol. The highest BCUT2D eigenvalue weighted by Crippen LogP contribution is 2.28. The molecule has 0 aromatic heterocycles. The minimum absolute atomic E-state index is 0.0694. The first-order valence-corrected chi connectivity index (χ1v) is 4.12. The molecule has 0 radical (unpaired) electrons. The van der Waals surface area contributed by atoms with E-state index in [1.54, 1.807) is 0 Å². The summed E-state index contributed by atoms with van der Waals surface area (Å²) < 4.78 is 0. The quantitative estimate of drug-likeness (QED) is 0.665. The summed E-state index contributed by atoms with van der Waals surface area (Å²) in [4.78, 5) is 10.6. The third kappa shape index (κ3) is 5.89. The summed E-state index contributed by atoms with van der Waals surface area (Å²) in [5, 5.41) is 0. The van der Waals surface area contributed by atoms with Gasteiger partial charge in [-0.3, -0.25) is 4.79 Å². The van der Waals surface area contributed by atoms with Crippen LogP contribution in [0.1, 0.15) is 40.5 Å². The topological polar surface area (TPSA) is 43.1 Å². The molecule has 0 saturated heterocycles. The molecule has 0 aliphatic heterocycles. The van der Waals surface area contributed by atoms with E-state index in [-0.39, 0.29) is 11.3 Å². The van der Waals surface area contributed by atoms with Crippen LogP contribution in [0.2, 0.25) is 0 Å². The van der Waals surface area contributed by atoms with Crippen LogP contribution in [0.3, 0.4) is 0 Å². The predicted molar refractivity (Wildman–Crippen MR) is 47.0 cm³/mol. The molecule has 0 aromatic carbocycles. The molecule has 0 aliphatic carbocycles. The summed E-state index contributed by atoms with van der Waals surface area (Å²) in [6.45, 7) is 8.47. The summed E-state index contributed by atoms with van der Waals surface area (Å²) in [5.74, 6) is 0.431. The van der Waals surface area contributed by atoms with Crippen LogP contribution in [-0.2, 0) is 4.79 Å². The van der Waals surface area contributed by atoms with Crippen molar-refractivity contribution in [2.24, 2.45) is 17.1 Å². The van der Waals surface area contributed by atoms with Crippen molar-refractivity contribution in [1.82, 2.24) is 0 Å². The zero-order valence-corrected chi connectivity index (χ0v) is 7.98. The average molecular weight is 157 g/mol. The Kier molecular flexibility index (Phi) is 3.56. The van der Waals surface area contributed by atoms with Gasteiger partial charge in [-0.15, -0.1) is 0 Å². The Morgan fingerprint density at radius 3 is 2.18 bits per heavy atom. The molecule has 0 aliphatic rings. The van der Waals surface area contributed by atoms with Gasteiger partial charge in [0.2, 0.25) is 5.91 Å². The van der Waals surface area contributed by atoms with E-state index in [9.17, 15) is 4.79 Å². The molecule has 2 heteroatoms.